The van der Waals surface area contributed by atoms with Gasteiger partial charge in [0.15, 0.2) is 0 Å². The first-order valence-electron chi connectivity index (χ1n) is 3.93. The zero-order valence-electron chi connectivity index (χ0n) is 7.56. The lowest BCUT2D eigenvalue weighted by molar-refractivity contribution is -0.0494. The SMILES string of the molecule is CC1OC=C(O)C(N(C)C)C1O. The summed E-state index contributed by atoms with van der Waals surface area (Å²) in [4.78, 5) is 1.76. The molecule has 0 radical (unpaired) electrons. The lowest BCUT2D eigenvalue weighted by Gasteiger charge is -2.34. The molecule has 0 saturated carbocycles. The summed E-state index contributed by atoms with van der Waals surface area (Å²) in [5.74, 6) is 0.0746. The number of rotatable bonds is 1. The molecule has 0 bridgehead atoms. The molecule has 70 valence electrons. The van der Waals surface area contributed by atoms with Gasteiger partial charge in [-0.25, -0.2) is 0 Å². The van der Waals surface area contributed by atoms with Crippen molar-refractivity contribution in [3.63, 3.8) is 0 Å². The smallest absolute Gasteiger partial charge is 0.146 e. The van der Waals surface area contributed by atoms with Gasteiger partial charge in [0.2, 0.25) is 0 Å². The van der Waals surface area contributed by atoms with Gasteiger partial charge in [-0.15, -0.1) is 0 Å². The van der Waals surface area contributed by atoms with E-state index in [1.165, 1.54) is 6.26 Å². The Balaban J connectivity index is 2.80. The molecule has 3 atom stereocenters. The van der Waals surface area contributed by atoms with Crippen molar-refractivity contribution < 1.29 is 14.9 Å². The summed E-state index contributed by atoms with van der Waals surface area (Å²) in [5, 5.41) is 19.0. The molecule has 0 spiro atoms. The standard InChI is InChI=1S/C8H15NO3/c1-5-8(11)7(9(2)3)6(10)4-12-5/h4-5,7-8,10-11H,1-3H3. The maximum Gasteiger partial charge on any atom is 0.146 e. The van der Waals surface area contributed by atoms with E-state index in [9.17, 15) is 10.2 Å². The van der Waals surface area contributed by atoms with E-state index in [1.54, 1.807) is 25.9 Å². The third-order valence-electron chi connectivity index (χ3n) is 2.07. The van der Waals surface area contributed by atoms with Crippen molar-refractivity contribution in [3.05, 3.63) is 12.0 Å². The maximum atomic E-state index is 9.61. The van der Waals surface area contributed by atoms with Crippen molar-refractivity contribution in [2.75, 3.05) is 14.1 Å². The van der Waals surface area contributed by atoms with E-state index in [2.05, 4.69) is 0 Å². The second kappa shape index (κ2) is 3.33. The van der Waals surface area contributed by atoms with Crippen LogP contribution >= 0.6 is 0 Å². The summed E-state index contributed by atoms with van der Waals surface area (Å²) >= 11 is 0. The van der Waals surface area contributed by atoms with Crippen molar-refractivity contribution in [3.8, 4) is 0 Å². The largest absolute Gasteiger partial charge is 0.507 e. The quantitative estimate of drug-likeness (QED) is 0.590. The van der Waals surface area contributed by atoms with Crippen LogP contribution in [0.25, 0.3) is 0 Å². The highest BCUT2D eigenvalue weighted by atomic mass is 16.5. The molecule has 0 aromatic carbocycles. The molecule has 1 rings (SSSR count). The van der Waals surface area contributed by atoms with Gasteiger partial charge in [0.05, 0.1) is 6.04 Å². The second-order valence-electron chi connectivity index (χ2n) is 3.28. The van der Waals surface area contributed by atoms with Gasteiger partial charge < -0.3 is 14.9 Å². The Morgan fingerprint density at radius 1 is 1.50 bits per heavy atom. The summed E-state index contributed by atoms with van der Waals surface area (Å²) in [7, 11) is 3.60. The molecule has 0 aromatic heterocycles. The van der Waals surface area contributed by atoms with Gasteiger partial charge in [-0.05, 0) is 21.0 Å². The van der Waals surface area contributed by atoms with E-state index in [4.69, 9.17) is 4.74 Å². The molecule has 1 aliphatic rings. The molecule has 12 heavy (non-hydrogen) atoms. The van der Waals surface area contributed by atoms with E-state index in [0.717, 1.165) is 0 Å². The van der Waals surface area contributed by atoms with Crippen LogP contribution < -0.4 is 0 Å². The van der Waals surface area contributed by atoms with Crippen LogP contribution in [-0.2, 0) is 4.74 Å². The molecular weight excluding hydrogens is 158 g/mol. The number of ether oxygens (including phenoxy) is 1. The topological polar surface area (TPSA) is 52.9 Å². The molecule has 0 aromatic rings. The van der Waals surface area contributed by atoms with Crippen molar-refractivity contribution in [1.29, 1.82) is 0 Å². The first-order chi connectivity index (χ1) is 5.54. The summed E-state index contributed by atoms with van der Waals surface area (Å²) < 4.78 is 4.99. The van der Waals surface area contributed by atoms with Gasteiger partial charge in [0.25, 0.3) is 0 Å². The molecule has 0 amide bonds. The van der Waals surface area contributed by atoms with Crippen molar-refractivity contribution in [1.82, 2.24) is 4.90 Å². The van der Waals surface area contributed by atoms with Gasteiger partial charge in [-0.2, -0.15) is 0 Å². The molecule has 4 heteroatoms. The van der Waals surface area contributed by atoms with Crippen LogP contribution in [0, 0.1) is 0 Å². The summed E-state index contributed by atoms with van der Waals surface area (Å²) in [5.41, 5.74) is 0. The molecule has 1 aliphatic heterocycles. The zero-order chi connectivity index (χ0) is 9.30. The summed E-state index contributed by atoms with van der Waals surface area (Å²) in [6.45, 7) is 1.77. The fourth-order valence-corrected chi connectivity index (χ4v) is 1.33. The van der Waals surface area contributed by atoms with Crippen molar-refractivity contribution in [2.45, 2.75) is 25.2 Å². The number of hydrogen-bond donors (Lipinski definition) is 2. The van der Waals surface area contributed by atoms with Crippen LogP contribution in [0.3, 0.4) is 0 Å². The molecule has 0 aliphatic carbocycles. The normalized spacial score (nSPS) is 36.1. The van der Waals surface area contributed by atoms with Crippen LogP contribution in [0.5, 0.6) is 0 Å². The van der Waals surface area contributed by atoms with Gasteiger partial charge in [0, 0.05) is 0 Å². The predicted molar refractivity (Wildman–Crippen MR) is 44.7 cm³/mol. The van der Waals surface area contributed by atoms with E-state index < -0.39 is 6.10 Å². The van der Waals surface area contributed by atoms with Gasteiger partial charge in [0.1, 0.15) is 24.2 Å². The number of aliphatic hydroxyl groups excluding tert-OH is 2. The average Bonchev–Trinajstić information content (AvgIpc) is 1.97. The van der Waals surface area contributed by atoms with Crippen LogP contribution in [0.15, 0.2) is 12.0 Å². The Hall–Kier alpha value is -0.740. The fourth-order valence-electron chi connectivity index (χ4n) is 1.33. The second-order valence-corrected chi connectivity index (χ2v) is 3.28. The minimum absolute atomic E-state index is 0.0746. The molecule has 2 N–H and O–H groups in total. The van der Waals surface area contributed by atoms with Gasteiger partial charge >= 0.3 is 0 Å². The number of hydrogen-bond acceptors (Lipinski definition) is 4. The van der Waals surface area contributed by atoms with Crippen LogP contribution in [0.1, 0.15) is 6.92 Å². The van der Waals surface area contributed by atoms with Crippen LogP contribution in [-0.4, -0.2) is 47.5 Å². The Bertz CT molecular complexity index is 191. The highest BCUT2D eigenvalue weighted by Crippen LogP contribution is 2.19. The molecule has 0 saturated heterocycles. The first kappa shape index (κ1) is 9.35. The van der Waals surface area contributed by atoms with Gasteiger partial charge in [-0.1, -0.05) is 0 Å². The third kappa shape index (κ3) is 1.54. The summed E-state index contributed by atoms with van der Waals surface area (Å²) in [6, 6.07) is -0.353. The van der Waals surface area contributed by atoms with Crippen molar-refractivity contribution in [2.24, 2.45) is 0 Å². The van der Waals surface area contributed by atoms with Gasteiger partial charge in [-0.3, -0.25) is 4.90 Å². The molecule has 4 nitrogen and oxygen atoms in total. The lowest BCUT2D eigenvalue weighted by Crippen LogP contribution is -2.48. The number of nitrogens with zero attached hydrogens (tertiary/aromatic N) is 1. The Morgan fingerprint density at radius 2 is 2.08 bits per heavy atom. The lowest BCUT2D eigenvalue weighted by atomic mass is 10.0. The minimum atomic E-state index is -0.676. The van der Waals surface area contributed by atoms with E-state index in [-0.39, 0.29) is 17.9 Å². The minimum Gasteiger partial charge on any atom is -0.507 e. The highest BCUT2D eigenvalue weighted by Gasteiger charge is 2.34. The van der Waals surface area contributed by atoms with E-state index in [0.29, 0.717) is 0 Å². The average molecular weight is 173 g/mol. The van der Waals surface area contributed by atoms with E-state index in [1.807, 2.05) is 0 Å². The highest BCUT2D eigenvalue weighted by molar-refractivity contribution is 5.06. The third-order valence-corrected chi connectivity index (χ3v) is 2.07. The first-order valence-corrected chi connectivity index (χ1v) is 3.93. The Labute approximate surface area is 72.1 Å². The molecular formula is C8H15NO3. The Kier molecular flexibility index (Phi) is 2.59. The predicted octanol–water partition coefficient (Wildman–Crippen LogP) is 0.0956. The van der Waals surface area contributed by atoms with Crippen molar-refractivity contribution >= 4 is 0 Å². The Morgan fingerprint density at radius 3 is 2.50 bits per heavy atom. The molecule has 3 unspecified atom stereocenters. The maximum absolute atomic E-state index is 9.61. The fraction of sp³-hybridized carbons (Fsp3) is 0.750. The van der Waals surface area contributed by atoms with Crippen LogP contribution in [0.4, 0.5) is 0 Å². The molecule has 1 heterocycles. The summed E-state index contributed by atoms with van der Waals surface area (Å²) in [6.07, 6.45) is 0.348. The van der Waals surface area contributed by atoms with E-state index >= 15 is 0 Å². The van der Waals surface area contributed by atoms with Crippen LogP contribution in [0.2, 0.25) is 0 Å². The zero-order valence-corrected chi connectivity index (χ0v) is 7.56. The number of likely N-dealkylation sites (N-methyl/N-ethyl adjacent to an activating group) is 1. The monoisotopic (exact) mass is 173 g/mol. The molecule has 0 fully saturated rings. The number of aliphatic hydroxyl groups is 2.